The SMILES string of the molecule is C[C@@]12CC[C@@H]3C[C@@]1(C(=O)Nc1cccc([N+](=O)[O-])c1)OC[C@@]32C. The number of nitrogens with one attached hydrogen (secondary N) is 1. The summed E-state index contributed by atoms with van der Waals surface area (Å²) in [6.07, 6.45) is 2.90. The lowest BCUT2D eigenvalue weighted by molar-refractivity contribution is -0.384. The summed E-state index contributed by atoms with van der Waals surface area (Å²) in [6.45, 7) is 5.02. The Bertz CT molecular complexity index is 720. The van der Waals surface area contributed by atoms with Crippen molar-refractivity contribution in [3.8, 4) is 0 Å². The van der Waals surface area contributed by atoms with E-state index in [2.05, 4.69) is 19.2 Å². The zero-order valence-electron chi connectivity index (χ0n) is 13.3. The third-order valence-corrected chi connectivity index (χ3v) is 6.88. The van der Waals surface area contributed by atoms with E-state index >= 15 is 0 Å². The third kappa shape index (κ3) is 1.59. The molecular formula is C17H20N2O4. The summed E-state index contributed by atoms with van der Waals surface area (Å²) in [5.74, 6) is 0.364. The summed E-state index contributed by atoms with van der Waals surface area (Å²) in [6, 6.07) is 6.05. The van der Waals surface area contributed by atoms with E-state index in [4.69, 9.17) is 4.74 Å². The molecule has 2 aliphatic carbocycles. The minimum Gasteiger partial charge on any atom is -0.364 e. The normalized spacial score (nSPS) is 40.3. The molecule has 3 fully saturated rings. The van der Waals surface area contributed by atoms with Crippen LogP contribution in [0.2, 0.25) is 0 Å². The molecule has 2 saturated carbocycles. The van der Waals surface area contributed by atoms with Crippen molar-refractivity contribution in [2.75, 3.05) is 11.9 Å². The average molecular weight is 316 g/mol. The molecule has 1 aliphatic heterocycles. The van der Waals surface area contributed by atoms with Crippen LogP contribution in [0.5, 0.6) is 0 Å². The molecule has 1 amide bonds. The lowest BCUT2D eigenvalue weighted by atomic mass is 9.66. The maximum atomic E-state index is 13.0. The van der Waals surface area contributed by atoms with Crippen LogP contribution in [-0.2, 0) is 9.53 Å². The van der Waals surface area contributed by atoms with Crippen LogP contribution < -0.4 is 5.32 Å². The van der Waals surface area contributed by atoms with Crippen molar-refractivity contribution in [1.82, 2.24) is 0 Å². The smallest absolute Gasteiger partial charge is 0.271 e. The highest BCUT2D eigenvalue weighted by Gasteiger charge is 2.78. The van der Waals surface area contributed by atoms with Crippen LogP contribution in [0.4, 0.5) is 11.4 Å². The van der Waals surface area contributed by atoms with Gasteiger partial charge < -0.3 is 10.1 Å². The number of carbonyl (C=O) groups is 1. The fraction of sp³-hybridized carbons (Fsp3) is 0.588. The molecule has 23 heavy (non-hydrogen) atoms. The summed E-state index contributed by atoms with van der Waals surface area (Å²) >= 11 is 0. The van der Waals surface area contributed by atoms with E-state index in [1.54, 1.807) is 12.1 Å². The number of carbonyl (C=O) groups excluding carboxylic acids is 1. The first-order valence-corrected chi connectivity index (χ1v) is 8.02. The van der Waals surface area contributed by atoms with Crippen molar-refractivity contribution in [3.63, 3.8) is 0 Å². The molecule has 3 aliphatic rings. The Morgan fingerprint density at radius 1 is 1.43 bits per heavy atom. The van der Waals surface area contributed by atoms with E-state index in [1.807, 2.05) is 0 Å². The molecule has 0 aromatic heterocycles. The number of benzene rings is 1. The molecule has 0 radical (unpaired) electrons. The number of rotatable bonds is 3. The van der Waals surface area contributed by atoms with E-state index in [0.717, 1.165) is 19.3 Å². The molecule has 0 spiro atoms. The first kappa shape index (κ1) is 14.6. The van der Waals surface area contributed by atoms with Gasteiger partial charge in [0.2, 0.25) is 0 Å². The van der Waals surface area contributed by atoms with Gasteiger partial charge in [-0.05, 0) is 31.2 Å². The van der Waals surface area contributed by atoms with Gasteiger partial charge in [0, 0.05) is 28.7 Å². The van der Waals surface area contributed by atoms with Gasteiger partial charge in [-0.25, -0.2) is 0 Å². The molecular weight excluding hydrogens is 296 g/mol. The lowest BCUT2D eigenvalue weighted by Gasteiger charge is -2.39. The third-order valence-electron chi connectivity index (χ3n) is 6.88. The zero-order chi connectivity index (χ0) is 16.5. The summed E-state index contributed by atoms with van der Waals surface area (Å²) in [5, 5.41) is 13.7. The number of nitro groups is 1. The predicted octanol–water partition coefficient (Wildman–Crippen LogP) is 3.13. The molecule has 122 valence electrons. The second-order valence-electron chi connectivity index (χ2n) is 7.57. The van der Waals surface area contributed by atoms with Crippen LogP contribution >= 0.6 is 0 Å². The van der Waals surface area contributed by atoms with Gasteiger partial charge in [-0.3, -0.25) is 14.9 Å². The second kappa shape index (κ2) is 4.32. The predicted molar refractivity (Wildman–Crippen MR) is 84.0 cm³/mol. The van der Waals surface area contributed by atoms with Crippen molar-refractivity contribution in [2.45, 2.75) is 38.7 Å². The molecule has 6 heteroatoms. The Hall–Kier alpha value is -1.95. The standard InChI is InChI=1S/C17H20N2O4/c1-15-10-23-17(9-11(15)6-7-16(15,17)2)14(20)18-12-4-3-5-13(8-12)19(21)22/h3-5,8,11H,6-7,9-10H2,1-2H3,(H,18,20)/t11-,15+,16+,17+/m1/s1. The topological polar surface area (TPSA) is 81.5 Å². The van der Waals surface area contributed by atoms with Crippen LogP contribution in [0.1, 0.15) is 33.1 Å². The van der Waals surface area contributed by atoms with E-state index in [0.29, 0.717) is 18.2 Å². The van der Waals surface area contributed by atoms with Crippen molar-refractivity contribution in [2.24, 2.45) is 16.7 Å². The van der Waals surface area contributed by atoms with Crippen molar-refractivity contribution < 1.29 is 14.5 Å². The van der Waals surface area contributed by atoms with Gasteiger partial charge >= 0.3 is 0 Å². The summed E-state index contributed by atoms with van der Waals surface area (Å²) in [4.78, 5) is 23.4. The fourth-order valence-corrected chi connectivity index (χ4v) is 5.19. The van der Waals surface area contributed by atoms with Gasteiger partial charge in [-0.1, -0.05) is 19.9 Å². The first-order valence-electron chi connectivity index (χ1n) is 8.02. The molecule has 6 nitrogen and oxygen atoms in total. The Morgan fingerprint density at radius 3 is 2.87 bits per heavy atom. The number of amides is 1. The molecule has 0 unspecified atom stereocenters. The van der Waals surface area contributed by atoms with Crippen LogP contribution in [0.15, 0.2) is 24.3 Å². The molecule has 4 bridgehead atoms. The van der Waals surface area contributed by atoms with Crippen LogP contribution in [0.3, 0.4) is 0 Å². The van der Waals surface area contributed by atoms with Gasteiger partial charge in [0.1, 0.15) is 0 Å². The highest BCUT2D eigenvalue weighted by atomic mass is 16.6. The van der Waals surface area contributed by atoms with E-state index in [9.17, 15) is 14.9 Å². The van der Waals surface area contributed by atoms with Gasteiger partial charge in [0.05, 0.1) is 11.5 Å². The fourth-order valence-electron chi connectivity index (χ4n) is 5.19. The Balaban J connectivity index is 1.64. The molecule has 1 aromatic rings. The molecule has 1 aromatic carbocycles. The van der Waals surface area contributed by atoms with Gasteiger partial charge in [0.15, 0.2) is 5.60 Å². The number of hydrogen-bond donors (Lipinski definition) is 1. The van der Waals surface area contributed by atoms with Crippen LogP contribution in [0.25, 0.3) is 0 Å². The average Bonchev–Trinajstić information content (AvgIpc) is 2.99. The summed E-state index contributed by atoms with van der Waals surface area (Å²) in [5.41, 5.74) is -0.476. The van der Waals surface area contributed by atoms with Crippen molar-refractivity contribution >= 4 is 17.3 Å². The maximum Gasteiger partial charge on any atom is 0.271 e. The summed E-state index contributed by atoms with van der Waals surface area (Å²) in [7, 11) is 0. The minimum absolute atomic E-state index is 0.0309. The monoisotopic (exact) mass is 316 g/mol. The number of nitro benzene ring substituents is 1. The lowest BCUT2D eigenvalue weighted by Crippen LogP contribution is -2.52. The highest BCUT2D eigenvalue weighted by molar-refractivity contribution is 5.99. The maximum absolute atomic E-state index is 13.0. The van der Waals surface area contributed by atoms with Crippen molar-refractivity contribution in [1.29, 1.82) is 0 Å². The molecule has 1 saturated heterocycles. The van der Waals surface area contributed by atoms with Gasteiger partial charge in [0.25, 0.3) is 11.6 Å². The molecule has 4 rings (SSSR count). The van der Waals surface area contributed by atoms with E-state index in [-0.39, 0.29) is 22.4 Å². The van der Waals surface area contributed by atoms with E-state index in [1.165, 1.54) is 12.1 Å². The highest BCUT2D eigenvalue weighted by Crippen LogP contribution is 2.75. The number of non-ortho nitro benzene ring substituents is 1. The first-order chi connectivity index (χ1) is 10.8. The quantitative estimate of drug-likeness (QED) is 0.686. The number of anilines is 1. The Labute approximate surface area is 134 Å². The second-order valence-corrected chi connectivity index (χ2v) is 7.57. The Morgan fingerprint density at radius 2 is 2.22 bits per heavy atom. The van der Waals surface area contributed by atoms with Gasteiger partial charge in [-0.15, -0.1) is 0 Å². The molecule has 1 heterocycles. The number of hydrogen-bond acceptors (Lipinski definition) is 4. The van der Waals surface area contributed by atoms with Gasteiger partial charge in [-0.2, -0.15) is 0 Å². The van der Waals surface area contributed by atoms with Crippen LogP contribution in [0, 0.1) is 26.9 Å². The molecule has 1 N–H and O–H groups in total. The minimum atomic E-state index is -0.796. The van der Waals surface area contributed by atoms with Crippen molar-refractivity contribution in [3.05, 3.63) is 34.4 Å². The summed E-state index contributed by atoms with van der Waals surface area (Å²) < 4.78 is 6.05. The number of ether oxygens (including phenoxy) is 1. The Kier molecular flexibility index (Phi) is 2.75. The van der Waals surface area contributed by atoms with Crippen LogP contribution in [-0.4, -0.2) is 23.0 Å². The molecule has 4 atom stereocenters. The largest absolute Gasteiger partial charge is 0.364 e. The zero-order valence-corrected chi connectivity index (χ0v) is 13.3. The number of nitrogens with zero attached hydrogens (tertiary/aromatic N) is 1. The van der Waals surface area contributed by atoms with E-state index < -0.39 is 10.5 Å².